The summed E-state index contributed by atoms with van der Waals surface area (Å²) < 4.78 is 1.46. The maximum Gasteiger partial charge on any atom is 0.263 e. The van der Waals surface area contributed by atoms with Gasteiger partial charge in [0.2, 0.25) is 5.91 Å². The van der Waals surface area contributed by atoms with Crippen LogP contribution in [-0.2, 0) is 11.3 Å². The minimum absolute atomic E-state index is 0.00423. The molecule has 0 saturated carbocycles. The molecule has 27 heavy (non-hydrogen) atoms. The van der Waals surface area contributed by atoms with Crippen LogP contribution in [0.15, 0.2) is 29.3 Å². The van der Waals surface area contributed by atoms with Gasteiger partial charge in [-0.2, -0.15) is 0 Å². The molecule has 2 aromatic heterocycles. The predicted octanol–water partition coefficient (Wildman–Crippen LogP) is 3.67. The molecule has 3 aromatic rings. The van der Waals surface area contributed by atoms with E-state index in [-0.39, 0.29) is 18.0 Å². The number of hydrogen-bond donors (Lipinski definition) is 0. The van der Waals surface area contributed by atoms with Crippen LogP contribution in [0.3, 0.4) is 0 Å². The third-order valence-corrected chi connectivity index (χ3v) is 6.43. The van der Waals surface area contributed by atoms with Gasteiger partial charge in [0.1, 0.15) is 11.4 Å². The molecule has 1 aromatic carbocycles. The van der Waals surface area contributed by atoms with E-state index >= 15 is 0 Å². The van der Waals surface area contributed by atoms with E-state index in [1.165, 1.54) is 33.4 Å². The number of likely N-dealkylation sites (tertiary alicyclic amines) is 1. The quantitative estimate of drug-likeness (QED) is 0.695. The highest BCUT2D eigenvalue weighted by atomic mass is 32.1. The summed E-state index contributed by atoms with van der Waals surface area (Å²) in [4.78, 5) is 33.8. The predicted molar refractivity (Wildman–Crippen MR) is 109 cm³/mol. The molecule has 5 nitrogen and oxygen atoms in total. The van der Waals surface area contributed by atoms with E-state index in [9.17, 15) is 9.59 Å². The average Bonchev–Trinajstić information content (AvgIpc) is 3.28. The fourth-order valence-corrected chi connectivity index (χ4v) is 4.71. The molecular formula is C21H23N3O2S. The molecule has 0 radical (unpaired) electrons. The molecule has 3 heterocycles. The van der Waals surface area contributed by atoms with Gasteiger partial charge in [-0.25, -0.2) is 4.98 Å². The Balaban J connectivity index is 1.81. The number of aryl methyl sites for hydroxylation is 3. The number of benzene rings is 1. The lowest BCUT2D eigenvalue weighted by atomic mass is 9.99. The van der Waals surface area contributed by atoms with Gasteiger partial charge in [-0.05, 0) is 50.3 Å². The molecule has 0 atom stereocenters. The van der Waals surface area contributed by atoms with Crippen LogP contribution in [-0.4, -0.2) is 33.4 Å². The van der Waals surface area contributed by atoms with Gasteiger partial charge in [0.25, 0.3) is 5.56 Å². The summed E-state index contributed by atoms with van der Waals surface area (Å²) in [7, 11) is 0. The topological polar surface area (TPSA) is 55.2 Å². The molecule has 1 aliphatic heterocycles. The van der Waals surface area contributed by atoms with E-state index in [1.54, 1.807) is 0 Å². The fraction of sp³-hybridized carbons (Fsp3) is 0.381. The SMILES string of the molecule is Cc1ccc(-c2c(C)sc3ncn(CC(=O)N4CCCC4)c(=O)c23)cc1C. The smallest absolute Gasteiger partial charge is 0.263 e. The largest absolute Gasteiger partial charge is 0.341 e. The van der Waals surface area contributed by atoms with Crippen LogP contribution in [0, 0.1) is 20.8 Å². The lowest BCUT2D eigenvalue weighted by Gasteiger charge is -2.15. The fourth-order valence-electron chi connectivity index (χ4n) is 3.71. The van der Waals surface area contributed by atoms with Gasteiger partial charge in [0.15, 0.2) is 0 Å². The van der Waals surface area contributed by atoms with Gasteiger partial charge >= 0.3 is 0 Å². The molecule has 4 rings (SSSR count). The Labute approximate surface area is 162 Å². The number of thiophene rings is 1. The van der Waals surface area contributed by atoms with Crippen LogP contribution in [0.4, 0.5) is 0 Å². The van der Waals surface area contributed by atoms with Crippen LogP contribution in [0.2, 0.25) is 0 Å². The average molecular weight is 382 g/mol. The summed E-state index contributed by atoms with van der Waals surface area (Å²) in [5, 5.41) is 0.623. The first-order valence-corrected chi connectivity index (χ1v) is 10.1. The van der Waals surface area contributed by atoms with Crippen LogP contribution >= 0.6 is 11.3 Å². The molecule has 1 fully saturated rings. The maximum atomic E-state index is 13.2. The number of hydrogen-bond acceptors (Lipinski definition) is 4. The molecule has 1 amide bonds. The Morgan fingerprint density at radius 1 is 1.15 bits per heavy atom. The van der Waals surface area contributed by atoms with Crippen LogP contribution in [0.25, 0.3) is 21.3 Å². The van der Waals surface area contributed by atoms with Gasteiger partial charge in [0, 0.05) is 23.5 Å². The maximum absolute atomic E-state index is 13.2. The van der Waals surface area contributed by atoms with E-state index in [4.69, 9.17) is 0 Å². The highest BCUT2D eigenvalue weighted by Crippen LogP contribution is 2.36. The first kappa shape index (κ1) is 17.9. The second kappa shape index (κ2) is 6.93. The van der Waals surface area contributed by atoms with E-state index in [0.717, 1.165) is 46.8 Å². The van der Waals surface area contributed by atoms with Gasteiger partial charge in [-0.1, -0.05) is 18.2 Å². The Bertz CT molecular complexity index is 1090. The first-order valence-electron chi connectivity index (χ1n) is 9.29. The summed E-state index contributed by atoms with van der Waals surface area (Å²) in [6.07, 6.45) is 3.59. The summed E-state index contributed by atoms with van der Waals surface area (Å²) in [5.74, 6) is -0.00423. The van der Waals surface area contributed by atoms with Gasteiger partial charge < -0.3 is 4.90 Å². The highest BCUT2D eigenvalue weighted by Gasteiger charge is 2.21. The molecular weight excluding hydrogens is 358 g/mol. The summed E-state index contributed by atoms with van der Waals surface area (Å²) >= 11 is 1.53. The second-order valence-corrected chi connectivity index (χ2v) is 8.48. The number of nitrogens with zero attached hydrogens (tertiary/aromatic N) is 3. The van der Waals surface area contributed by atoms with Crippen molar-refractivity contribution in [2.24, 2.45) is 0 Å². The Morgan fingerprint density at radius 3 is 2.59 bits per heavy atom. The van der Waals surface area contributed by atoms with Crippen molar-refractivity contribution >= 4 is 27.5 Å². The molecule has 1 aliphatic rings. The van der Waals surface area contributed by atoms with E-state index < -0.39 is 0 Å². The number of aromatic nitrogens is 2. The summed E-state index contributed by atoms with van der Waals surface area (Å²) in [6, 6.07) is 6.26. The second-order valence-electron chi connectivity index (χ2n) is 7.28. The van der Waals surface area contributed by atoms with Crippen LogP contribution < -0.4 is 5.56 Å². The molecule has 0 aliphatic carbocycles. The molecule has 0 spiro atoms. The zero-order chi connectivity index (χ0) is 19.1. The van der Waals surface area contributed by atoms with E-state index in [0.29, 0.717) is 5.39 Å². The van der Waals surface area contributed by atoms with Crippen LogP contribution in [0.5, 0.6) is 0 Å². The van der Waals surface area contributed by atoms with Crippen molar-refractivity contribution in [2.45, 2.75) is 40.2 Å². The molecule has 1 saturated heterocycles. The van der Waals surface area contributed by atoms with Crippen LogP contribution in [0.1, 0.15) is 28.8 Å². The highest BCUT2D eigenvalue weighted by molar-refractivity contribution is 7.19. The Kier molecular flexibility index (Phi) is 4.60. The molecule has 0 unspecified atom stereocenters. The number of amides is 1. The van der Waals surface area contributed by atoms with Gasteiger partial charge in [0.05, 0.1) is 11.7 Å². The van der Waals surface area contributed by atoms with Gasteiger partial charge in [-0.3, -0.25) is 14.2 Å². The molecule has 6 heteroatoms. The zero-order valence-electron chi connectivity index (χ0n) is 15.9. The number of fused-ring (bicyclic) bond motifs is 1. The zero-order valence-corrected chi connectivity index (χ0v) is 16.7. The third-order valence-electron chi connectivity index (χ3n) is 5.41. The lowest BCUT2D eigenvalue weighted by Crippen LogP contribution is -2.34. The lowest BCUT2D eigenvalue weighted by molar-refractivity contribution is -0.130. The molecule has 0 N–H and O–H groups in total. The van der Waals surface area contributed by atoms with Crippen molar-refractivity contribution in [2.75, 3.05) is 13.1 Å². The van der Waals surface area contributed by atoms with Gasteiger partial charge in [-0.15, -0.1) is 11.3 Å². The van der Waals surface area contributed by atoms with Crippen molar-refractivity contribution in [3.8, 4) is 11.1 Å². The van der Waals surface area contributed by atoms with Crippen molar-refractivity contribution in [3.63, 3.8) is 0 Å². The Hall–Kier alpha value is -2.47. The standard InChI is InChI=1S/C21H23N3O2S/c1-13-6-7-16(10-14(13)2)18-15(3)27-20-19(18)21(26)24(12-22-20)11-17(25)23-8-4-5-9-23/h6-7,10,12H,4-5,8-9,11H2,1-3H3. The first-order chi connectivity index (χ1) is 13.0. The number of carbonyl (C=O) groups is 1. The van der Waals surface area contributed by atoms with Crippen molar-refractivity contribution in [1.29, 1.82) is 0 Å². The summed E-state index contributed by atoms with van der Waals surface area (Å²) in [6.45, 7) is 7.81. The molecule has 0 bridgehead atoms. The van der Waals surface area contributed by atoms with Crippen molar-refractivity contribution < 1.29 is 4.79 Å². The normalized spacial score (nSPS) is 14.3. The minimum Gasteiger partial charge on any atom is -0.341 e. The Morgan fingerprint density at radius 2 is 1.89 bits per heavy atom. The molecule has 140 valence electrons. The van der Waals surface area contributed by atoms with Crippen molar-refractivity contribution in [3.05, 3.63) is 50.9 Å². The van der Waals surface area contributed by atoms with E-state index in [2.05, 4.69) is 37.0 Å². The number of rotatable bonds is 3. The minimum atomic E-state index is -0.134. The number of carbonyl (C=O) groups excluding carboxylic acids is 1. The van der Waals surface area contributed by atoms with Crippen molar-refractivity contribution in [1.82, 2.24) is 14.5 Å². The van der Waals surface area contributed by atoms with E-state index in [1.807, 2.05) is 11.8 Å². The monoisotopic (exact) mass is 381 g/mol. The third kappa shape index (κ3) is 3.18. The summed E-state index contributed by atoms with van der Waals surface area (Å²) in [5.41, 5.74) is 4.26.